The summed E-state index contributed by atoms with van der Waals surface area (Å²) in [7, 11) is 2.05. The van der Waals surface area contributed by atoms with Crippen molar-refractivity contribution in [2.75, 3.05) is 96.3 Å². The molecule has 2 saturated carbocycles. The van der Waals surface area contributed by atoms with Crippen molar-refractivity contribution in [1.29, 1.82) is 0 Å². The summed E-state index contributed by atoms with van der Waals surface area (Å²) in [6, 6.07) is 17.0. The average molecular weight is 1310 g/mol. The summed E-state index contributed by atoms with van der Waals surface area (Å²) in [6.07, 6.45) is -18.9. The number of hydrogen-bond acceptors (Lipinski definition) is 14. The lowest BCUT2D eigenvalue weighted by Gasteiger charge is -2.36. The van der Waals surface area contributed by atoms with Crippen molar-refractivity contribution in [2.24, 2.45) is 11.8 Å². The van der Waals surface area contributed by atoms with E-state index in [0.29, 0.717) is 65.1 Å². The molecule has 0 spiro atoms. The van der Waals surface area contributed by atoms with Gasteiger partial charge in [0, 0.05) is 101 Å². The molecule has 6 atom stereocenters. The summed E-state index contributed by atoms with van der Waals surface area (Å²) in [5.41, 5.74) is 0.138. The third kappa shape index (κ3) is 26.9. The third-order valence-corrected chi connectivity index (χ3v) is 14.4. The second-order valence-corrected chi connectivity index (χ2v) is 21.1. The van der Waals surface area contributed by atoms with Crippen LogP contribution in [0.2, 0.25) is 0 Å². The first kappa shape index (κ1) is 72.2. The maximum Gasteiger partial charge on any atom is 0.573 e. The fourth-order valence-corrected chi connectivity index (χ4v) is 10.3. The maximum atomic E-state index is 13.4. The molecule has 91 heavy (non-hydrogen) atoms. The van der Waals surface area contributed by atoms with E-state index < -0.39 is 96.6 Å². The highest BCUT2D eigenvalue weighted by Crippen LogP contribution is 2.34. The molecule has 2 heterocycles. The number of alkyl halides is 12. The topological polar surface area (TPSA) is 215 Å². The Morgan fingerprint density at radius 1 is 0.473 bits per heavy atom. The van der Waals surface area contributed by atoms with Gasteiger partial charge >= 0.3 is 37.5 Å². The Morgan fingerprint density at radius 3 is 1.20 bits per heavy atom. The Hall–Kier alpha value is -7.84. The zero-order chi connectivity index (χ0) is 66.4. The lowest BCUT2D eigenvalue weighted by molar-refractivity contribution is -0.275. The lowest BCUT2D eigenvalue weighted by Crippen LogP contribution is -2.51. The fourth-order valence-electron chi connectivity index (χ4n) is 10.3. The van der Waals surface area contributed by atoms with Crippen LogP contribution in [0.4, 0.5) is 73.6 Å². The molecule has 6 amide bonds. The van der Waals surface area contributed by atoms with Gasteiger partial charge in [-0.2, -0.15) is 0 Å². The van der Waals surface area contributed by atoms with Gasteiger partial charge in [-0.05, 0) is 118 Å². The number of nitrogens with zero attached hydrogens (tertiary/aromatic N) is 3. The second kappa shape index (κ2) is 34.0. The predicted octanol–water partition coefficient (Wildman–Crippen LogP) is 10.3. The molecule has 2 aliphatic heterocycles. The highest BCUT2D eigenvalue weighted by molar-refractivity contribution is 5.90. The Labute approximate surface area is 516 Å². The Morgan fingerprint density at radius 2 is 0.824 bits per heavy atom. The minimum absolute atomic E-state index is 0.0663. The van der Waals surface area contributed by atoms with Gasteiger partial charge in [0.15, 0.2) is 0 Å². The summed E-state index contributed by atoms with van der Waals surface area (Å²) >= 11 is 0. The van der Waals surface area contributed by atoms with E-state index >= 15 is 0 Å². The highest BCUT2D eigenvalue weighted by atomic mass is 19.4. The summed E-state index contributed by atoms with van der Waals surface area (Å²) in [6.45, 7) is 12.3. The zero-order valence-corrected chi connectivity index (χ0v) is 49.8. The van der Waals surface area contributed by atoms with E-state index in [2.05, 4.69) is 65.5 Å². The summed E-state index contributed by atoms with van der Waals surface area (Å²) in [4.78, 5) is 58.7. The SMILES string of the molecule is CC.CN1CCN(CCNC(=O)C2CC(NC(=O)Nc3cccc(OC(F)(F)F)c3)CCC2Oc2ccc(OC(F)(F)F)cc2)CC1.O=C(Nc1cccc(OC(F)(F)F)c1)NC1CCC(Oc2ccc(OC(F)(F)F)cc2)C(C(=O)NCCN2CCOCC2)C1. The molecule has 0 bridgehead atoms. The van der Waals surface area contributed by atoms with Crippen molar-refractivity contribution in [2.45, 2.75) is 102 Å². The minimum atomic E-state index is -4.89. The summed E-state index contributed by atoms with van der Waals surface area (Å²) in [5, 5.41) is 16.3. The van der Waals surface area contributed by atoms with Gasteiger partial charge in [0.25, 0.3) is 0 Å². The molecule has 32 heteroatoms. The number of urea groups is 2. The number of hydrogen-bond donors (Lipinski definition) is 6. The van der Waals surface area contributed by atoms with Crippen molar-refractivity contribution >= 4 is 35.3 Å². The van der Waals surface area contributed by atoms with Gasteiger partial charge in [0.05, 0.1) is 25.0 Å². The number of carbonyl (C=O) groups excluding carboxylic acids is 4. The number of benzene rings is 4. The first-order valence-electron chi connectivity index (χ1n) is 29.2. The van der Waals surface area contributed by atoms with Crippen molar-refractivity contribution in [3.05, 3.63) is 97.1 Å². The molecule has 4 fully saturated rings. The van der Waals surface area contributed by atoms with Gasteiger partial charge in [-0.25, -0.2) is 9.59 Å². The maximum absolute atomic E-state index is 13.4. The molecule has 4 aromatic carbocycles. The Balaban J connectivity index is 0.000000282. The van der Waals surface area contributed by atoms with Crippen LogP contribution in [0.5, 0.6) is 34.5 Å². The van der Waals surface area contributed by atoms with E-state index in [1.54, 1.807) is 0 Å². The van der Waals surface area contributed by atoms with Crippen molar-refractivity contribution in [1.82, 2.24) is 36.0 Å². The number of carbonyl (C=O) groups is 4. The van der Waals surface area contributed by atoms with E-state index in [1.165, 1.54) is 48.5 Å². The van der Waals surface area contributed by atoms with E-state index in [4.69, 9.17) is 14.2 Å². The van der Waals surface area contributed by atoms with Crippen LogP contribution in [0.1, 0.15) is 52.4 Å². The molecular weight excluding hydrogens is 1240 g/mol. The average Bonchev–Trinajstić information content (AvgIpc) is 1.13. The van der Waals surface area contributed by atoms with Crippen LogP contribution in [-0.4, -0.2) is 174 Å². The Kier molecular flexibility index (Phi) is 27.0. The Bertz CT molecular complexity index is 2900. The standard InChI is InChI=1S/C29H35F6N5O5.C28H32F6N4O6.C2H6/c1-39-13-15-40(16-14-39)12-11-36-26(41)24-18-20(38-27(42)37-19-3-2-4-23(17-19)45-29(33,34)35)5-10-25(24)43-21-6-8-22(9-7-21)44-28(30,31)32;29-27(30,31)43-21-7-5-20(6-8-21)42-24-9-4-19(17-23(24)25(39)35-10-11-38-12-14-41-15-13-38)37-26(40)36-18-2-1-3-22(16-18)44-28(32,33)34;1-2/h2-4,6-9,17,20,24-25H,5,10-16,18H2,1H3,(H,36,41)(H2,37,38,42);1-3,5-8,16,19,23-24H,4,9-15,17H2,(H,35,39)(H2,36,37,40);1-2H3. The first-order chi connectivity index (χ1) is 43.0. The van der Waals surface area contributed by atoms with Gasteiger partial charge in [0.1, 0.15) is 46.7 Å². The molecule has 20 nitrogen and oxygen atoms in total. The molecule has 2 saturated heterocycles. The summed E-state index contributed by atoms with van der Waals surface area (Å²) in [5.74, 6) is -3.41. The van der Waals surface area contributed by atoms with Crippen LogP contribution in [0.15, 0.2) is 97.1 Å². The number of amides is 6. The molecule has 0 aromatic heterocycles. The summed E-state index contributed by atoms with van der Waals surface area (Å²) < 4.78 is 183. The lowest BCUT2D eigenvalue weighted by atomic mass is 9.82. The van der Waals surface area contributed by atoms with Crippen LogP contribution < -0.4 is 60.3 Å². The van der Waals surface area contributed by atoms with Crippen molar-refractivity contribution in [3.8, 4) is 34.5 Å². The monoisotopic (exact) mass is 1310 g/mol. The molecule has 4 aliphatic rings. The van der Waals surface area contributed by atoms with E-state index in [1.807, 2.05) is 20.9 Å². The molecule has 2 aliphatic carbocycles. The quantitative estimate of drug-likeness (QED) is 0.0455. The molecular formula is C59H73F12N9O11. The number of halogens is 12. The van der Waals surface area contributed by atoms with Crippen LogP contribution in [0, 0.1) is 11.8 Å². The first-order valence-corrected chi connectivity index (χ1v) is 29.2. The molecule has 6 N–H and O–H groups in total. The van der Waals surface area contributed by atoms with Gasteiger partial charge in [0.2, 0.25) is 11.8 Å². The fraction of sp³-hybridized carbons (Fsp3) is 0.525. The van der Waals surface area contributed by atoms with Gasteiger partial charge < -0.3 is 70.0 Å². The third-order valence-electron chi connectivity index (χ3n) is 14.4. The van der Waals surface area contributed by atoms with E-state index in [0.717, 1.165) is 87.8 Å². The normalized spacial score (nSPS) is 20.9. The number of anilines is 2. The predicted molar refractivity (Wildman–Crippen MR) is 306 cm³/mol. The van der Waals surface area contributed by atoms with Crippen LogP contribution in [0.25, 0.3) is 0 Å². The molecule has 4 aromatic rings. The van der Waals surface area contributed by atoms with Gasteiger partial charge in [-0.15, -0.1) is 52.7 Å². The number of likely N-dealkylation sites (N-methyl/N-ethyl adjacent to an activating group) is 1. The van der Waals surface area contributed by atoms with Gasteiger partial charge in [-0.3, -0.25) is 19.4 Å². The number of piperazine rings is 1. The van der Waals surface area contributed by atoms with E-state index in [9.17, 15) is 71.9 Å². The number of morpholine rings is 1. The largest absolute Gasteiger partial charge is 0.573 e. The molecule has 8 rings (SSSR count). The second-order valence-electron chi connectivity index (χ2n) is 21.1. The van der Waals surface area contributed by atoms with Crippen LogP contribution >= 0.6 is 0 Å². The van der Waals surface area contributed by atoms with Crippen molar-refractivity contribution < 1.29 is 105 Å². The number of ether oxygens (including phenoxy) is 7. The van der Waals surface area contributed by atoms with Crippen LogP contribution in [0.3, 0.4) is 0 Å². The smallest absolute Gasteiger partial charge is 0.490 e. The molecule has 6 unspecified atom stereocenters. The van der Waals surface area contributed by atoms with E-state index in [-0.39, 0.29) is 47.5 Å². The zero-order valence-electron chi connectivity index (χ0n) is 49.8. The number of nitrogens with one attached hydrogen (secondary N) is 6. The van der Waals surface area contributed by atoms with Gasteiger partial charge in [-0.1, -0.05) is 26.0 Å². The highest BCUT2D eigenvalue weighted by Gasteiger charge is 2.40. The molecule has 504 valence electrons. The minimum Gasteiger partial charge on any atom is -0.490 e. The molecule has 0 radical (unpaired) electrons. The van der Waals surface area contributed by atoms with Crippen LogP contribution in [-0.2, 0) is 14.3 Å². The van der Waals surface area contributed by atoms with Crippen molar-refractivity contribution in [3.63, 3.8) is 0 Å². The number of rotatable bonds is 20.